The Bertz CT molecular complexity index is 739. The van der Waals surface area contributed by atoms with Crippen molar-refractivity contribution >= 4 is 23.2 Å². The van der Waals surface area contributed by atoms with Crippen LogP contribution >= 0.6 is 0 Å². The van der Waals surface area contributed by atoms with Crippen LogP contribution in [0.5, 0.6) is 0 Å². The summed E-state index contributed by atoms with van der Waals surface area (Å²) < 4.78 is 0. The summed E-state index contributed by atoms with van der Waals surface area (Å²) in [6, 6.07) is 17.2. The minimum absolute atomic E-state index is 0.0151. The van der Waals surface area contributed by atoms with Gasteiger partial charge in [-0.3, -0.25) is 9.59 Å². The van der Waals surface area contributed by atoms with Crippen LogP contribution in [0.4, 0.5) is 11.4 Å². The van der Waals surface area contributed by atoms with Crippen molar-refractivity contribution in [2.45, 2.75) is 38.5 Å². The molecule has 25 heavy (non-hydrogen) atoms. The first-order valence-electron chi connectivity index (χ1n) is 8.94. The van der Waals surface area contributed by atoms with Gasteiger partial charge < -0.3 is 10.6 Å². The van der Waals surface area contributed by atoms with Gasteiger partial charge in [-0.2, -0.15) is 0 Å². The molecule has 0 spiro atoms. The van der Waals surface area contributed by atoms with E-state index in [1.807, 2.05) is 54.6 Å². The van der Waals surface area contributed by atoms with E-state index in [2.05, 4.69) is 17.6 Å². The Balaban J connectivity index is 1.69. The maximum atomic E-state index is 12.8. The van der Waals surface area contributed by atoms with E-state index in [4.69, 9.17) is 0 Å². The fourth-order valence-corrected chi connectivity index (χ4v) is 2.92. The van der Waals surface area contributed by atoms with Crippen LogP contribution in [0.3, 0.4) is 0 Å². The third kappa shape index (κ3) is 4.69. The third-order valence-electron chi connectivity index (χ3n) is 4.44. The lowest BCUT2D eigenvalue weighted by molar-refractivity contribution is -0.118. The Morgan fingerprint density at radius 1 is 1.00 bits per heavy atom. The van der Waals surface area contributed by atoms with Crippen LogP contribution in [-0.2, 0) is 9.59 Å². The fourth-order valence-electron chi connectivity index (χ4n) is 2.92. The molecule has 1 atom stereocenters. The van der Waals surface area contributed by atoms with Gasteiger partial charge in [-0.25, -0.2) is 0 Å². The molecule has 3 rings (SSSR count). The summed E-state index contributed by atoms with van der Waals surface area (Å²) in [6.07, 6.45) is 3.68. The highest BCUT2D eigenvalue weighted by atomic mass is 16.2. The van der Waals surface area contributed by atoms with Gasteiger partial charge in [0.25, 0.3) is 0 Å². The number of nitrogens with one attached hydrogen (secondary N) is 2. The Hall–Kier alpha value is -2.62. The van der Waals surface area contributed by atoms with Crippen LogP contribution in [0.25, 0.3) is 0 Å². The van der Waals surface area contributed by atoms with Gasteiger partial charge in [0.05, 0.1) is 5.92 Å². The molecule has 0 bridgehead atoms. The molecule has 2 amide bonds. The molecule has 4 heteroatoms. The lowest BCUT2D eigenvalue weighted by Crippen LogP contribution is -2.21. The van der Waals surface area contributed by atoms with Crippen molar-refractivity contribution in [3.8, 4) is 0 Å². The molecule has 0 saturated heterocycles. The van der Waals surface area contributed by atoms with Crippen molar-refractivity contribution in [2.75, 3.05) is 10.6 Å². The van der Waals surface area contributed by atoms with Crippen LogP contribution in [0.1, 0.15) is 44.1 Å². The van der Waals surface area contributed by atoms with Crippen molar-refractivity contribution in [1.82, 2.24) is 0 Å². The number of rotatable bonds is 7. The van der Waals surface area contributed by atoms with Crippen molar-refractivity contribution in [1.29, 1.82) is 0 Å². The van der Waals surface area contributed by atoms with E-state index in [0.29, 0.717) is 5.69 Å². The summed E-state index contributed by atoms with van der Waals surface area (Å²) in [5.41, 5.74) is 2.46. The van der Waals surface area contributed by atoms with Crippen molar-refractivity contribution in [3.05, 3.63) is 60.2 Å². The van der Waals surface area contributed by atoms with Crippen LogP contribution in [0.2, 0.25) is 0 Å². The van der Waals surface area contributed by atoms with Crippen LogP contribution < -0.4 is 10.6 Å². The summed E-state index contributed by atoms with van der Waals surface area (Å²) in [7, 11) is 0. The topological polar surface area (TPSA) is 58.2 Å². The second kappa shape index (κ2) is 7.97. The molecule has 0 heterocycles. The average Bonchev–Trinajstić information content (AvgIpc) is 3.46. The zero-order valence-electron chi connectivity index (χ0n) is 14.5. The minimum Gasteiger partial charge on any atom is -0.326 e. The molecule has 1 saturated carbocycles. The SMILES string of the molecule is CCCC(C(=O)Nc1cccc(NC(=O)C2CC2)c1)c1ccccc1. The molecular formula is C21H24N2O2. The van der Waals surface area contributed by atoms with Gasteiger partial charge in [-0.1, -0.05) is 49.7 Å². The highest BCUT2D eigenvalue weighted by molar-refractivity contribution is 5.98. The van der Waals surface area contributed by atoms with Gasteiger partial charge in [0.15, 0.2) is 0 Å². The molecule has 2 aromatic rings. The molecule has 0 aromatic heterocycles. The molecule has 0 aliphatic heterocycles. The first-order chi connectivity index (χ1) is 12.2. The van der Waals surface area contributed by atoms with Crippen LogP contribution in [-0.4, -0.2) is 11.8 Å². The number of carbonyl (C=O) groups is 2. The highest BCUT2D eigenvalue weighted by Crippen LogP contribution is 2.30. The summed E-state index contributed by atoms with van der Waals surface area (Å²) in [5.74, 6) is 0.0384. The zero-order valence-corrected chi connectivity index (χ0v) is 14.5. The quantitative estimate of drug-likeness (QED) is 0.779. The number of hydrogen-bond donors (Lipinski definition) is 2. The Morgan fingerprint density at radius 2 is 1.68 bits per heavy atom. The predicted molar refractivity (Wildman–Crippen MR) is 101 cm³/mol. The number of amides is 2. The number of hydrogen-bond acceptors (Lipinski definition) is 2. The predicted octanol–water partition coefficient (Wildman–Crippen LogP) is 4.56. The lowest BCUT2D eigenvalue weighted by Gasteiger charge is -2.17. The maximum absolute atomic E-state index is 12.8. The van der Waals surface area contributed by atoms with Crippen molar-refractivity contribution in [3.63, 3.8) is 0 Å². The van der Waals surface area contributed by atoms with Gasteiger partial charge in [0.1, 0.15) is 0 Å². The Labute approximate surface area is 148 Å². The van der Waals surface area contributed by atoms with Crippen LogP contribution in [0.15, 0.2) is 54.6 Å². The second-order valence-corrected chi connectivity index (χ2v) is 6.59. The van der Waals surface area contributed by atoms with Gasteiger partial charge in [-0.05, 0) is 43.0 Å². The molecule has 2 N–H and O–H groups in total. The summed E-state index contributed by atoms with van der Waals surface area (Å²) in [5, 5.41) is 5.91. The summed E-state index contributed by atoms with van der Waals surface area (Å²) in [4.78, 5) is 24.6. The van der Waals surface area contributed by atoms with E-state index in [1.54, 1.807) is 0 Å². The highest BCUT2D eigenvalue weighted by Gasteiger charge is 2.29. The van der Waals surface area contributed by atoms with E-state index >= 15 is 0 Å². The van der Waals surface area contributed by atoms with E-state index in [1.165, 1.54) is 0 Å². The van der Waals surface area contributed by atoms with E-state index in [0.717, 1.165) is 36.9 Å². The average molecular weight is 336 g/mol. The molecule has 130 valence electrons. The second-order valence-electron chi connectivity index (χ2n) is 6.59. The standard InChI is InChI=1S/C21H24N2O2/c1-2-7-19(15-8-4-3-5-9-15)21(25)23-18-11-6-10-17(14-18)22-20(24)16-12-13-16/h3-6,8-11,14,16,19H,2,7,12-13H2,1H3,(H,22,24)(H,23,25). The van der Waals surface area contributed by atoms with Gasteiger partial charge >= 0.3 is 0 Å². The van der Waals surface area contributed by atoms with Gasteiger partial charge in [0.2, 0.25) is 11.8 Å². The lowest BCUT2D eigenvalue weighted by atomic mass is 9.93. The fraction of sp³-hybridized carbons (Fsp3) is 0.333. The molecule has 1 aliphatic carbocycles. The molecule has 2 aromatic carbocycles. The zero-order chi connectivity index (χ0) is 17.6. The first-order valence-corrected chi connectivity index (χ1v) is 8.94. The summed E-state index contributed by atoms with van der Waals surface area (Å²) in [6.45, 7) is 2.08. The molecular weight excluding hydrogens is 312 g/mol. The monoisotopic (exact) mass is 336 g/mol. The summed E-state index contributed by atoms with van der Waals surface area (Å²) >= 11 is 0. The Kier molecular flexibility index (Phi) is 5.49. The maximum Gasteiger partial charge on any atom is 0.231 e. The third-order valence-corrected chi connectivity index (χ3v) is 4.44. The largest absolute Gasteiger partial charge is 0.326 e. The van der Waals surface area contributed by atoms with Crippen LogP contribution in [0, 0.1) is 5.92 Å². The van der Waals surface area contributed by atoms with E-state index < -0.39 is 0 Å². The van der Waals surface area contributed by atoms with Crippen molar-refractivity contribution in [2.24, 2.45) is 5.92 Å². The molecule has 1 aliphatic rings. The minimum atomic E-state index is -0.170. The van der Waals surface area contributed by atoms with Crippen molar-refractivity contribution < 1.29 is 9.59 Å². The first kappa shape index (κ1) is 17.2. The molecule has 0 radical (unpaired) electrons. The smallest absolute Gasteiger partial charge is 0.231 e. The van der Waals surface area contributed by atoms with E-state index in [9.17, 15) is 9.59 Å². The number of benzene rings is 2. The van der Waals surface area contributed by atoms with Gasteiger partial charge in [0, 0.05) is 17.3 Å². The van der Waals surface area contributed by atoms with E-state index in [-0.39, 0.29) is 23.7 Å². The van der Waals surface area contributed by atoms with Gasteiger partial charge in [-0.15, -0.1) is 0 Å². The normalized spacial score (nSPS) is 14.6. The molecule has 1 unspecified atom stereocenters. The Morgan fingerprint density at radius 3 is 2.32 bits per heavy atom. The molecule has 4 nitrogen and oxygen atoms in total. The number of anilines is 2. The number of carbonyl (C=O) groups excluding carboxylic acids is 2. The molecule has 1 fully saturated rings.